The summed E-state index contributed by atoms with van der Waals surface area (Å²) in [5.41, 5.74) is 2.17. The van der Waals surface area contributed by atoms with Crippen LogP contribution in [0.3, 0.4) is 0 Å². The number of rotatable bonds is 5. The Kier molecular flexibility index (Phi) is 8.72. The normalized spacial score (nSPS) is 19.1. The highest BCUT2D eigenvalue weighted by molar-refractivity contribution is 5.98. The third-order valence-corrected chi connectivity index (χ3v) is 6.61. The van der Waals surface area contributed by atoms with Crippen molar-refractivity contribution in [1.82, 2.24) is 10.2 Å². The van der Waals surface area contributed by atoms with Gasteiger partial charge in [-0.25, -0.2) is 9.59 Å². The molecule has 4 rings (SSSR count). The van der Waals surface area contributed by atoms with Crippen LogP contribution in [0.25, 0.3) is 0 Å². The summed E-state index contributed by atoms with van der Waals surface area (Å²) in [6.07, 6.45) is 0.348. The molecule has 2 aromatic rings. The Hall–Kier alpha value is -3.92. The van der Waals surface area contributed by atoms with E-state index in [9.17, 15) is 19.2 Å². The highest BCUT2D eigenvalue weighted by atomic mass is 16.6. The third-order valence-electron chi connectivity index (χ3n) is 6.61. The molecule has 41 heavy (non-hydrogen) atoms. The Morgan fingerprint density at radius 1 is 1.00 bits per heavy atom. The average molecular weight is 566 g/mol. The maximum absolute atomic E-state index is 13.8. The molecule has 220 valence electrons. The van der Waals surface area contributed by atoms with Crippen LogP contribution in [0.15, 0.2) is 42.5 Å². The lowest BCUT2D eigenvalue weighted by Crippen LogP contribution is -2.47. The minimum atomic E-state index is -0.939. The van der Waals surface area contributed by atoms with Crippen LogP contribution in [0, 0.1) is 0 Å². The molecule has 3 amide bonds. The van der Waals surface area contributed by atoms with E-state index < -0.39 is 35.2 Å². The second-order valence-electron chi connectivity index (χ2n) is 12.3. The van der Waals surface area contributed by atoms with Gasteiger partial charge in [-0.2, -0.15) is 0 Å². The van der Waals surface area contributed by atoms with Crippen LogP contribution in [0.4, 0.5) is 10.5 Å². The van der Waals surface area contributed by atoms with Crippen molar-refractivity contribution >= 4 is 29.6 Å². The Labute approximate surface area is 240 Å². The molecule has 0 bridgehead atoms. The van der Waals surface area contributed by atoms with E-state index in [0.717, 1.165) is 11.1 Å². The molecule has 10 nitrogen and oxygen atoms in total. The molecule has 2 aromatic carbocycles. The molecule has 10 heteroatoms. The first kappa shape index (κ1) is 30.0. The quantitative estimate of drug-likeness (QED) is 0.522. The summed E-state index contributed by atoms with van der Waals surface area (Å²) >= 11 is 0. The van der Waals surface area contributed by atoms with Crippen LogP contribution >= 0.6 is 0 Å². The fraction of sp³-hybridized carbons (Fsp3) is 0.484. The minimum absolute atomic E-state index is 0.0177. The molecular formula is C31H39N3O7. The highest BCUT2D eigenvalue weighted by Gasteiger charge is 2.39. The van der Waals surface area contributed by atoms with E-state index in [1.807, 2.05) is 18.2 Å². The molecule has 2 aliphatic heterocycles. The zero-order valence-corrected chi connectivity index (χ0v) is 24.5. The first-order valence-electron chi connectivity index (χ1n) is 13.8. The number of nitrogens with one attached hydrogen (secondary N) is 2. The summed E-state index contributed by atoms with van der Waals surface area (Å²) in [5.74, 6) is -0.998. The molecule has 0 saturated carbocycles. The third kappa shape index (κ3) is 7.85. The Bertz CT molecular complexity index is 1300. The van der Waals surface area contributed by atoms with Crippen molar-refractivity contribution in [1.29, 1.82) is 0 Å². The van der Waals surface area contributed by atoms with Crippen LogP contribution in [0.5, 0.6) is 0 Å². The molecular weight excluding hydrogens is 526 g/mol. The number of esters is 1. The lowest BCUT2D eigenvalue weighted by atomic mass is 9.86. The fourth-order valence-corrected chi connectivity index (χ4v) is 4.88. The van der Waals surface area contributed by atoms with Crippen molar-refractivity contribution in [2.24, 2.45) is 0 Å². The highest BCUT2D eigenvalue weighted by Crippen LogP contribution is 2.35. The summed E-state index contributed by atoms with van der Waals surface area (Å²) < 4.78 is 16.8. The Balaban J connectivity index is 1.60. The predicted molar refractivity (Wildman–Crippen MR) is 153 cm³/mol. The van der Waals surface area contributed by atoms with Crippen LogP contribution in [-0.4, -0.2) is 65.8 Å². The maximum Gasteiger partial charge on any atom is 0.411 e. The van der Waals surface area contributed by atoms with Crippen LogP contribution < -0.4 is 10.6 Å². The molecule has 1 fully saturated rings. The molecule has 2 unspecified atom stereocenters. The number of amides is 3. The van der Waals surface area contributed by atoms with Gasteiger partial charge >= 0.3 is 12.1 Å². The SMILES string of the molecule is CC(C)(C)OC(=O)c1ccc(NC(=O)C2c3cccc(CC4CNC(=O)CO4)c3CCN2C(=O)OC(C)(C)C)cc1. The molecule has 0 aromatic heterocycles. The molecule has 0 radical (unpaired) electrons. The monoisotopic (exact) mass is 565 g/mol. The Morgan fingerprint density at radius 2 is 1.68 bits per heavy atom. The van der Waals surface area contributed by atoms with Crippen molar-refractivity contribution < 1.29 is 33.4 Å². The van der Waals surface area contributed by atoms with E-state index in [1.54, 1.807) is 65.8 Å². The van der Waals surface area contributed by atoms with Gasteiger partial charge in [0, 0.05) is 25.2 Å². The van der Waals surface area contributed by atoms with E-state index in [4.69, 9.17) is 14.2 Å². The van der Waals surface area contributed by atoms with Gasteiger partial charge in [0.1, 0.15) is 23.9 Å². The number of nitrogens with zero attached hydrogens (tertiary/aromatic N) is 1. The van der Waals surface area contributed by atoms with Gasteiger partial charge in [-0.15, -0.1) is 0 Å². The van der Waals surface area contributed by atoms with Crippen molar-refractivity contribution in [3.63, 3.8) is 0 Å². The number of hydrogen-bond acceptors (Lipinski definition) is 7. The smallest absolute Gasteiger partial charge is 0.411 e. The Morgan fingerprint density at radius 3 is 2.29 bits per heavy atom. The molecule has 2 atom stereocenters. The molecule has 2 aliphatic rings. The van der Waals surface area contributed by atoms with Crippen molar-refractivity contribution in [2.45, 2.75) is 77.7 Å². The molecule has 0 aliphatic carbocycles. The number of ether oxygens (including phenoxy) is 3. The molecule has 2 N–H and O–H groups in total. The second-order valence-corrected chi connectivity index (χ2v) is 12.3. The summed E-state index contributed by atoms with van der Waals surface area (Å²) in [6.45, 7) is 11.5. The first-order chi connectivity index (χ1) is 19.2. The predicted octanol–water partition coefficient (Wildman–Crippen LogP) is 4.17. The van der Waals surface area contributed by atoms with Gasteiger partial charge in [0.05, 0.1) is 11.7 Å². The maximum atomic E-state index is 13.8. The van der Waals surface area contributed by atoms with Crippen LogP contribution in [0.1, 0.15) is 74.6 Å². The van der Waals surface area contributed by atoms with E-state index in [1.165, 1.54) is 4.90 Å². The summed E-state index contributed by atoms with van der Waals surface area (Å²) in [6, 6.07) is 11.2. The van der Waals surface area contributed by atoms with E-state index in [0.29, 0.717) is 36.2 Å². The van der Waals surface area contributed by atoms with Crippen molar-refractivity contribution in [2.75, 3.05) is 25.0 Å². The van der Waals surface area contributed by atoms with Gasteiger partial charge in [0.2, 0.25) is 5.91 Å². The average Bonchev–Trinajstić information content (AvgIpc) is 2.88. The lowest BCUT2D eigenvalue weighted by molar-refractivity contribution is -0.133. The largest absolute Gasteiger partial charge is 0.456 e. The van der Waals surface area contributed by atoms with Gasteiger partial charge in [-0.3, -0.25) is 14.5 Å². The number of morpholine rings is 1. The van der Waals surface area contributed by atoms with Crippen LogP contribution in [-0.2, 0) is 36.6 Å². The zero-order chi connectivity index (χ0) is 29.9. The van der Waals surface area contributed by atoms with E-state index in [-0.39, 0.29) is 25.2 Å². The lowest BCUT2D eigenvalue weighted by Gasteiger charge is -2.38. The number of carbonyl (C=O) groups is 4. The number of hydrogen-bond donors (Lipinski definition) is 2. The van der Waals surface area contributed by atoms with Gasteiger partial charge in [0.15, 0.2) is 0 Å². The molecule has 2 heterocycles. The van der Waals surface area contributed by atoms with Crippen LogP contribution in [0.2, 0.25) is 0 Å². The van der Waals surface area contributed by atoms with Crippen molar-refractivity contribution in [3.05, 3.63) is 64.7 Å². The second kappa shape index (κ2) is 11.9. The minimum Gasteiger partial charge on any atom is -0.456 e. The number of carbonyl (C=O) groups excluding carboxylic acids is 4. The number of benzene rings is 2. The van der Waals surface area contributed by atoms with Gasteiger partial charge < -0.3 is 24.8 Å². The standard InChI is InChI=1S/C31H39N3O7/c1-30(2,3)40-28(37)19-10-12-21(13-11-19)33-27(36)26-24-9-7-8-20(16-22-17-32-25(35)18-39-22)23(24)14-15-34(26)29(38)41-31(4,5)6/h7-13,22,26H,14-18H2,1-6H3,(H,32,35)(H,33,36). The first-order valence-corrected chi connectivity index (χ1v) is 13.8. The fourth-order valence-electron chi connectivity index (χ4n) is 4.88. The summed E-state index contributed by atoms with van der Waals surface area (Å²) in [5, 5.41) is 5.73. The van der Waals surface area contributed by atoms with Gasteiger partial charge in [-0.1, -0.05) is 18.2 Å². The summed E-state index contributed by atoms with van der Waals surface area (Å²) in [4.78, 5) is 52.5. The van der Waals surface area contributed by atoms with Gasteiger partial charge in [0.25, 0.3) is 5.91 Å². The zero-order valence-electron chi connectivity index (χ0n) is 24.5. The van der Waals surface area contributed by atoms with E-state index >= 15 is 0 Å². The molecule has 0 spiro atoms. The number of anilines is 1. The van der Waals surface area contributed by atoms with Crippen molar-refractivity contribution in [3.8, 4) is 0 Å². The molecule has 1 saturated heterocycles. The summed E-state index contributed by atoms with van der Waals surface area (Å²) in [7, 11) is 0. The van der Waals surface area contributed by atoms with Gasteiger partial charge in [-0.05, 0) is 88.9 Å². The topological polar surface area (TPSA) is 123 Å². The number of fused-ring (bicyclic) bond motifs is 1. The van der Waals surface area contributed by atoms with E-state index in [2.05, 4.69) is 10.6 Å².